The molecule has 0 aromatic carbocycles. The maximum absolute atomic E-state index is 12.5. The van der Waals surface area contributed by atoms with Crippen LogP contribution in [0.5, 0.6) is 0 Å². The van der Waals surface area contributed by atoms with Crippen molar-refractivity contribution in [1.82, 2.24) is 4.98 Å². The van der Waals surface area contributed by atoms with Gasteiger partial charge in [0.05, 0.1) is 6.61 Å². The molecule has 2 nitrogen and oxygen atoms in total. The number of alkyl halides is 3. The van der Waals surface area contributed by atoms with Crippen molar-refractivity contribution in [3.8, 4) is 0 Å². The van der Waals surface area contributed by atoms with Crippen molar-refractivity contribution >= 4 is 31.9 Å². The van der Waals surface area contributed by atoms with Crippen LogP contribution in [0.3, 0.4) is 0 Å². The predicted octanol–water partition coefficient (Wildman–Crippen LogP) is 3.17. The molecule has 0 bridgehead atoms. The number of nitrogens with zero attached hydrogens (tertiary/aromatic N) is 1. The van der Waals surface area contributed by atoms with Crippen molar-refractivity contribution in [2.45, 2.75) is 18.4 Å². The molecule has 0 aliphatic carbocycles. The molecule has 0 spiro atoms. The van der Waals surface area contributed by atoms with E-state index < -0.39 is 13.0 Å². The summed E-state index contributed by atoms with van der Waals surface area (Å²) >= 11 is 6.20. The lowest BCUT2D eigenvalue weighted by molar-refractivity contribution is 0.141. The maximum Gasteiger partial charge on any atom is 0.280 e. The number of aliphatic hydroxyl groups is 1. The topological polar surface area (TPSA) is 33.1 Å². The van der Waals surface area contributed by atoms with Crippen molar-refractivity contribution in [2.75, 3.05) is 0 Å². The van der Waals surface area contributed by atoms with Crippen molar-refractivity contribution in [3.63, 3.8) is 0 Å². The van der Waals surface area contributed by atoms with Crippen LogP contribution in [0.15, 0.2) is 10.7 Å². The van der Waals surface area contributed by atoms with Crippen LogP contribution in [0.1, 0.15) is 23.2 Å². The number of hydrogen-bond donors (Lipinski definition) is 1. The van der Waals surface area contributed by atoms with E-state index in [1.165, 1.54) is 0 Å². The average molecular weight is 331 g/mol. The summed E-state index contributed by atoms with van der Waals surface area (Å²) in [5.74, 6) is 0. The molecule has 0 unspecified atom stereocenters. The molecule has 14 heavy (non-hydrogen) atoms. The molecule has 1 rings (SSSR count). The van der Waals surface area contributed by atoms with E-state index >= 15 is 0 Å². The van der Waals surface area contributed by atoms with Gasteiger partial charge in [-0.15, -0.1) is 0 Å². The Kier molecular flexibility index (Phi) is 4.40. The second-order valence-electron chi connectivity index (χ2n) is 2.56. The van der Waals surface area contributed by atoms with Gasteiger partial charge in [0.25, 0.3) is 6.43 Å². The van der Waals surface area contributed by atoms with Gasteiger partial charge in [-0.1, -0.05) is 15.9 Å². The van der Waals surface area contributed by atoms with Gasteiger partial charge in [0.1, 0.15) is 10.3 Å². The van der Waals surface area contributed by atoms with Gasteiger partial charge >= 0.3 is 0 Å². The molecule has 78 valence electrons. The Hall–Kier alpha value is -0.0700. The van der Waals surface area contributed by atoms with Gasteiger partial charge < -0.3 is 5.11 Å². The van der Waals surface area contributed by atoms with Gasteiger partial charge in [0, 0.05) is 10.9 Å². The molecule has 0 fully saturated rings. The zero-order chi connectivity index (χ0) is 10.7. The SMILES string of the molecule is OCc1c(CBr)cc(Br)nc1C(F)F. The van der Waals surface area contributed by atoms with E-state index in [1.54, 1.807) is 6.07 Å². The molecule has 6 heteroatoms. The maximum atomic E-state index is 12.5. The van der Waals surface area contributed by atoms with E-state index in [1.807, 2.05) is 0 Å². The van der Waals surface area contributed by atoms with Gasteiger partial charge in [-0.3, -0.25) is 0 Å². The van der Waals surface area contributed by atoms with Gasteiger partial charge in [-0.25, -0.2) is 13.8 Å². The fourth-order valence-electron chi connectivity index (χ4n) is 1.09. The van der Waals surface area contributed by atoms with E-state index in [9.17, 15) is 8.78 Å². The Morgan fingerprint density at radius 2 is 2.14 bits per heavy atom. The number of hydrogen-bond acceptors (Lipinski definition) is 2. The highest BCUT2D eigenvalue weighted by molar-refractivity contribution is 9.10. The predicted molar refractivity (Wildman–Crippen MR) is 55.4 cm³/mol. The van der Waals surface area contributed by atoms with E-state index in [2.05, 4.69) is 36.8 Å². The number of aromatic nitrogens is 1. The largest absolute Gasteiger partial charge is 0.392 e. The van der Waals surface area contributed by atoms with Gasteiger partial charge in [-0.2, -0.15) is 0 Å². The molecule has 0 amide bonds. The van der Waals surface area contributed by atoms with Crippen LogP contribution < -0.4 is 0 Å². The zero-order valence-electron chi connectivity index (χ0n) is 6.98. The third-order valence-electron chi connectivity index (χ3n) is 1.73. The molecule has 0 atom stereocenters. The fraction of sp³-hybridized carbons (Fsp3) is 0.375. The van der Waals surface area contributed by atoms with E-state index in [0.717, 1.165) is 0 Å². The summed E-state index contributed by atoms with van der Waals surface area (Å²) in [4.78, 5) is 3.64. The lowest BCUT2D eigenvalue weighted by Gasteiger charge is -2.10. The quantitative estimate of drug-likeness (QED) is 0.682. The minimum absolute atomic E-state index is 0.195. The molecular formula is C8H7Br2F2NO. The summed E-state index contributed by atoms with van der Waals surface area (Å²) in [5, 5.41) is 9.37. The van der Waals surface area contributed by atoms with Crippen molar-refractivity contribution < 1.29 is 13.9 Å². The smallest absolute Gasteiger partial charge is 0.280 e. The van der Waals surface area contributed by atoms with Crippen LogP contribution in [-0.4, -0.2) is 10.1 Å². The molecule has 0 radical (unpaired) electrons. The summed E-state index contributed by atoms with van der Waals surface area (Å²) in [6.45, 7) is -0.430. The molecular weight excluding hydrogens is 324 g/mol. The number of rotatable bonds is 3. The van der Waals surface area contributed by atoms with E-state index in [0.29, 0.717) is 15.5 Å². The Balaban J connectivity index is 3.31. The second-order valence-corrected chi connectivity index (χ2v) is 3.93. The van der Waals surface area contributed by atoms with Crippen LogP contribution >= 0.6 is 31.9 Å². The van der Waals surface area contributed by atoms with E-state index in [-0.39, 0.29) is 11.3 Å². The lowest BCUT2D eigenvalue weighted by Crippen LogP contribution is -2.03. The number of pyridine rings is 1. The summed E-state index contributed by atoms with van der Waals surface area (Å²) in [7, 11) is 0. The van der Waals surface area contributed by atoms with Crippen molar-refractivity contribution in [3.05, 3.63) is 27.5 Å². The summed E-state index contributed by atoms with van der Waals surface area (Å²) in [5.41, 5.74) is 0.445. The number of halogens is 4. The Morgan fingerprint density at radius 1 is 1.50 bits per heavy atom. The van der Waals surface area contributed by atoms with Gasteiger partial charge in [0.2, 0.25) is 0 Å². The van der Waals surface area contributed by atoms with Crippen LogP contribution in [0.2, 0.25) is 0 Å². The van der Waals surface area contributed by atoms with E-state index in [4.69, 9.17) is 5.11 Å². The third kappa shape index (κ3) is 2.49. The first-order chi connectivity index (χ1) is 6.60. The summed E-state index contributed by atoms with van der Waals surface area (Å²) < 4.78 is 25.3. The first-order valence-electron chi connectivity index (χ1n) is 3.73. The Labute approximate surface area is 96.6 Å². The second kappa shape index (κ2) is 5.14. The van der Waals surface area contributed by atoms with Crippen LogP contribution in [0.4, 0.5) is 8.78 Å². The zero-order valence-corrected chi connectivity index (χ0v) is 10.1. The minimum atomic E-state index is -2.67. The third-order valence-corrected chi connectivity index (χ3v) is 2.74. The summed E-state index contributed by atoms with van der Waals surface area (Å²) in [6, 6.07) is 1.60. The van der Waals surface area contributed by atoms with Crippen LogP contribution in [-0.2, 0) is 11.9 Å². The first-order valence-corrected chi connectivity index (χ1v) is 5.64. The van der Waals surface area contributed by atoms with Crippen LogP contribution in [0.25, 0.3) is 0 Å². The summed E-state index contributed by atoms with van der Waals surface area (Å²) in [6.07, 6.45) is -2.67. The Morgan fingerprint density at radius 3 is 2.57 bits per heavy atom. The Bertz CT molecular complexity index is 333. The lowest BCUT2D eigenvalue weighted by atomic mass is 10.1. The molecule has 1 heterocycles. The molecule has 0 saturated carbocycles. The monoisotopic (exact) mass is 329 g/mol. The van der Waals surface area contributed by atoms with Gasteiger partial charge in [0.15, 0.2) is 0 Å². The highest BCUT2D eigenvalue weighted by Crippen LogP contribution is 2.27. The molecule has 0 saturated heterocycles. The first kappa shape index (κ1) is 12.0. The van der Waals surface area contributed by atoms with Crippen LogP contribution in [0, 0.1) is 0 Å². The minimum Gasteiger partial charge on any atom is -0.392 e. The normalized spacial score (nSPS) is 11.0. The van der Waals surface area contributed by atoms with Crippen molar-refractivity contribution in [2.24, 2.45) is 0 Å². The highest BCUT2D eigenvalue weighted by atomic mass is 79.9. The molecule has 0 aliphatic rings. The van der Waals surface area contributed by atoms with Gasteiger partial charge in [-0.05, 0) is 27.6 Å². The fourth-order valence-corrected chi connectivity index (χ4v) is 2.06. The molecule has 1 N–H and O–H groups in total. The highest BCUT2D eigenvalue weighted by Gasteiger charge is 2.18. The number of aliphatic hydroxyl groups excluding tert-OH is 1. The van der Waals surface area contributed by atoms with Crippen molar-refractivity contribution in [1.29, 1.82) is 0 Å². The standard InChI is InChI=1S/C8H7Br2F2NO/c9-2-4-1-6(10)13-7(8(11)12)5(4)3-14/h1,8,14H,2-3H2. The molecule has 1 aromatic rings. The molecule has 0 aliphatic heterocycles. The molecule has 1 aromatic heterocycles. The average Bonchev–Trinajstić information content (AvgIpc) is 2.16.